The van der Waals surface area contributed by atoms with Gasteiger partial charge in [0, 0.05) is 17.5 Å². The van der Waals surface area contributed by atoms with Gasteiger partial charge in [0.1, 0.15) is 17.6 Å². The molecule has 1 aromatic heterocycles. The fourth-order valence-electron chi connectivity index (χ4n) is 3.21. The van der Waals surface area contributed by atoms with Gasteiger partial charge in [-0.25, -0.2) is 4.98 Å². The monoisotopic (exact) mass is 438 g/mol. The van der Waals surface area contributed by atoms with Gasteiger partial charge in [-0.1, -0.05) is 28.1 Å². The zero-order valence-electron chi connectivity index (χ0n) is 15.3. The average Bonchev–Trinajstić information content (AvgIpc) is 2.69. The molecule has 1 aliphatic heterocycles. The highest BCUT2D eigenvalue weighted by molar-refractivity contribution is 9.10. The lowest BCUT2D eigenvalue weighted by atomic mass is 9.97. The van der Waals surface area contributed by atoms with E-state index in [1.807, 2.05) is 30.3 Å². The Bertz CT molecular complexity index is 1000. The number of anilines is 1. The van der Waals surface area contributed by atoms with Crippen molar-refractivity contribution in [3.05, 3.63) is 76.4 Å². The van der Waals surface area contributed by atoms with E-state index in [9.17, 15) is 4.79 Å². The number of rotatable bonds is 4. The molecule has 0 saturated carbocycles. The molecule has 4 rings (SSSR count). The molecule has 142 valence electrons. The molecule has 1 amide bonds. The Morgan fingerprint density at radius 1 is 1.21 bits per heavy atom. The van der Waals surface area contributed by atoms with Gasteiger partial charge in [0.15, 0.2) is 0 Å². The quantitative estimate of drug-likeness (QED) is 0.570. The van der Waals surface area contributed by atoms with Crippen molar-refractivity contribution in [2.75, 3.05) is 5.32 Å². The van der Waals surface area contributed by atoms with Gasteiger partial charge in [-0.3, -0.25) is 4.79 Å². The molecule has 2 aromatic carbocycles. The van der Waals surface area contributed by atoms with E-state index < -0.39 is 0 Å². The molecule has 0 bridgehead atoms. The highest BCUT2D eigenvalue weighted by atomic mass is 79.9. The van der Waals surface area contributed by atoms with Crippen LogP contribution in [-0.2, 0) is 11.2 Å². The van der Waals surface area contributed by atoms with Crippen molar-refractivity contribution in [1.29, 1.82) is 0 Å². The first-order valence-corrected chi connectivity index (χ1v) is 9.83. The summed E-state index contributed by atoms with van der Waals surface area (Å²) in [4.78, 5) is 15.3. The number of hydrogen-bond donors (Lipinski definition) is 1. The Labute approximate surface area is 171 Å². The third kappa shape index (κ3) is 4.34. The second-order valence-electron chi connectivity index (χ2n) is 6.64. The molecule has 1 N–H and O–H groups in total. The summed E-state index contributed by atoms with van der Waals surface area (Å²) in [6, 6.07) is 17.5. The van der Waals surface area contributed by atoms with Crippen LogP contribution in [0.25, 0.3) is 0 Å². The number of fused-ring (bicyclic) bond motifs is 1. The third-order valence-corrected chi connectivity index (χ3v) is 4.97. The Morgan fingerprint density at radius 3 is 2.86 bits per heavy atom. The second kappa shape index (κ2) is 8.02. The van der Waals surface area contributed by atoms with E-state index in [4.69, 9.17) is 9.47 Å². The molecule has 0 radical (unpaired) electrons. The summed E-state index contributed by atoms with van der Waals surface area (Å²) in [7, 11) is 0. The number of aromatic nitrogens is 1. The number of ether oxygens (including phenoxy) is 2. The SMILES string of the molecule is CC(=O)Nc1ccc(Oc2ccc3c(c2)CCC(c2cccc(Br)c2)O3)nc1. The smallest absolute Gasteiger partial charge is 0.221 e. The minimum Gasteiger partial charge on any atom is -0.485 e. The van der Waals surface area contributed by atoms with Crippen LogP contribution in [0.4, 0.5) is 5.69 Å². The first kappa shape index (κ1) is 18.5. The number of benzene rings is 2. The molecule has 5 nitrogen and oxygen atoms in total. The summed E-state index contributed by atoms with van der Waals surface area (Å²) in [6.07, 6.45) is 3.45. The highest BCUT2D eigenvalue weighted by Gasteiger charge is 2.22. The van der Waals surface area contributed by atoms with Crippen molar-refractivity contribution >= 4 is 27.5 Å². The van der Waals surface area contributed by atoms with Gasteiger partial charge < -0.3 is 14.8 Å². The largest absolute Gasteiger partial charge is 0.485 e. The van der Waals surface area contributed by atoms with E-state index in [0.29, 0.717) is 17.3 Å². The van der Waals surface area contributed by atoms with Crippen LogP contribution in [0.15, 0.2) is 65.3 Å². The van der Waals surface area contributed by atoms with Crippen LogP contribution >= 0.6 is 15.9 Å². The van der Waals surface area contributed by atoms with Crippen molar-refractivity contribution in [2.45, 2.75) is 25.9 Å². The minimum absolute atomic E-state index is 0.0553. The lowest BCUT2D eigenvalue weighted by Crippen LogP contribution is -2.15. The number of pyridine rings is 1. The lowest BCUT2D eigenvalue weighted by molar-refractivity contribution is -0.114. The molecule has 0 fully saturated rings. The van der Waals surface area contributed by atoms with Crippen molar-refractivity contribution in [1.82, 2.24) is 4.98 Å². The second-order valence-corrected chi connectivity index (χ2v) is 7.55. The van der Waals surface area contributed by atoms with Crippen molar-refractivity contribution in [3.63, 3.8) is 0 Å². The molecule has 0 saturated heterocycles. The number of hydrogen-bond acceptors (Lipinski definition) is 4. The molecule has 6 heteroatoms. The number of halogens is 1. The Balaban J connectivity index is 1.46. The summed E-state index contributed by atoms with van der Waals surface area (Å²) in [5.74, 6) is 1.93. The Hall–Kier alpha value is -2.86. The van der Waals surface area contributed by atoms with Crippen LogP contribution in [0.5, 0.6) is 17.4 Å². The average molecular weight is 439 g/mol. The molecule has 0 aliphatic carbocycles. The zero-order valence-corrected chi connectivity index (χ0v) is 16.9. The van der Waals surface area contributed by atoms with Crippen LogP contribution in [0.2, 0.25) is 0 Å². The molecule has 0 spiro atoms. The van der Waals surface area contributed by atoms with Crippen LogP contribution in [0.3, 0.4) is 0 Å². The Morgan fingerprint density at radius 2 is 2.11 bits per heavy atom. The van der Waals surface area contributed by atoms with E-state index in [1.165, 1.54) is 12.5 Å². The zero-order chi connectivity index (χ0) is 19.5. The summed E-state index contributed by atoms with van der Waals surface area (Å²) in [5.41, 5.74) is 2.93. The maximum atomic E-state index is 11.1. The predicted molar refractivity (Wildman–Crippen MR) is 111 cm³/mol. The Kier molecular flexibility index (Phi) is 5.30. The van der Waals surface area contributed by atoms with Gasteiger partial charge in [-0.05, 0) is 60.4 Å². The summed E-state index contributed by atoms with van der Waals surface area (Å²) >= 11 is 3.52. The molecule has 3 aromatic rings. The number of nitrogens with zero attached hydrogens (tertiary/aromatic N) is 1. The first-order valence-electron chi connectivity index (χ1n) is 9.03. The standard InChI is InChI=1S/C22H19BrN2O3/c1-14(26)25-18-6-10-22(24-13-18)27-19-7-9-21-16(12-19)5-8-20(28-21)15-3-2-4-17(23)11-15/h2-4,6-7,9-13,20H,5,8H2,1H3,(H,25,26). The van der Waals surface area contributed by atoms with Gasteiger partial charge >= 0.3 is 0 Å². The number of carbonyl (C=O) groups excluding carboxylic acids is 1. The molecular formula is C22H19BrN2O3. The van der Waals surface area contributed by atoms with Crippen molar-refractivity contribution in [3.8, 4) is 17.4 Å². The first-order chi connectivity index (χ1) is 13.6. The predicted octanol–water partition coefficient (Wildman–Crippen LogP) is 5.66. The van der Waals surface area contributed by atoms with Gasteiger partial charge in [0.05, 0.1) is 11.9 Å². The number of carbonyl (C=O) groups is 1. The van der Waals surface area contributed by atoms with Gasteiger partial charge in [-0.15, -0.1) is 0 Å². The number of aryl methyl sites for hydroxylation is 1. The summed E-state index contributed by atoms with van der Waals surface area (Å²) in [5, 5.41) is 2.68. The van der Waals surface area contributed by atoms with Gasteiger partial charge in [0.2, 0.25) is 11.8 Å². The fourth-order valence-corrected chi connectivity index (χ4v) is 3.63. The summed E-state index contributed by atoms with van der Waals surface area (Å²) in [6.45, 7) is 1.46. The number of nitrogens with one attached hydrogen (secondary N) is 1. The normalized spacial score (nSPS) is 15.3. The van der Waals surface area contributed by atoms with Crippen LogP contribution < -0.4 is 14.8 Å². The molecule has 1 unspecified atom stereocenters. The van der Waals surface area contributed by atoms with Gasteiger partial charge in [0.25, 0.3) is 0 Å². The van der Waals surface area contributed by atoms with E-state index in [0.717, 1.165) is 28.6 Å². The minimum atomic E-state index is -0.133. The van der Waals surface area contributed by atoms with Gasteiger partial charge in [-0.2, -0.15) is 0 Å². The fraction of sp³-hybridized carbons (Fsp3) is 0.182. The van der Waals surface area contributed by atoms with E-state index >= 15 is 0 Å². The van der Waals surface area contributed by atoms with Crippen LogP contribution in [0, 0.1) is 0 Å². The molecule has 1 atom stereocenters. The highest BCUT2D eigenvalue weighted by Crippen LogP contribution is 2.37. The van der Waals surface area contributed by atoms with E-state index in [1.54, 1.807) is 18.3 Å². The summed E-state index contributed by atoms with van der Waals surface area (Å²) < 4.78 is 13.1. The van der Waals surface area contributed by atoms with Crippen LogP contribution in [-0.4, -0.2) is 10.9 Å². The van der Waals surface area contributed by atoms with Crippen molar-refractivity contribution < 1.29 is 14.3 Å². The number of amides is 1. The van der Waals surface area contributed by atoms with Crippen LogP contribution in [0.1, 0.15) is 30.6 Å². The molecule has 28 heavy (non-hydrogen) atoms. The topological polar surface area (TPSA) is 60.5 Å². The molecule has 1 aliphatic rings. The maximum Gasteiger partial charge on any atom is 0.221 e. The molecular weight excluding hydrogens is 420 g/mol. The molecule has 2 heterocycles. The van der Waals surface area contributed by atoms with Crippen molar-refractivity contribution in [2.24, 2.45) is 0 Å². The maximum absolute atomic E-state index is 11.1. The third-order valence-electron chi connectivity index (χ3n) is 4.48. The van der Waals surface area contributed by atoms with E-state index in [-0.39, 0.29) is 12.0 Å². The lowest BCUT2D eigenvalue weighted by Gasteiger charge is -2.27. The van der Waals surface area contributed by atoms with E-state index in [2.05, 4.69) is 38.4 Å².